The average molecular weight is 192 g/mol. The Kier molecular flexibility index (Phi) is 3.76. The monoisotopic (exact) mass is 192 g/mol. The summed E-state index contributed by atoms with van der Waals surface area (Å²) in [6, 6.07) is 0. The van der Waals surface area contributed by atoms with Gasteiger partial charge in [-0.2, -0.15) is 0 Å². The summed E-state index contributed by atoms with van der Waals surface area (Å²) >= 11 is 0. The Balaban J connectivity index is 4.63. The maximum Gasteiger partial charge on any atom is 0.155 e. The van der Waals surface area contributed by atoms with Gasteiger partial charge in [-0.15, -0.1) is 0 Å². The Hall–Kier alpha value is -0.0500. The minimum atomic E-state index is -2.91. The van der Waals surface area contributed by atoms with Gasteiger partial charge in [0.2, 0.25) is 0 Å². The summed E-state index contributed by atoms with van der Waals surface area (Å²) in [6.45, 7) is 9.37. The molecule has 12 heavy (non-hydrogen) atoms. The standard InChI is InChI=1S/C9H20O2S/c1-6-9(4,5)12(10,11)7-8(2)3/h8H,6-7H2,1-5H3. The van der Waals surface area contributed by atoms with Crippen LogP contribution in [0.3, 0.4) is 0 Å². The van der Waals surface area contributed by atoms with Gasteiger partial charge in [-0.1, -0.05) is 20.8 Å². The zero-order valence-electron chi connectivity index (χ0n) is 8.72. The fraction of sp³-hybridized carbons (Fsp3) is 1.00. The molecule has 0 aromatic heterocycles. The Morgan fingerprint density at radius 1 is 1.25 bits per heavy atom. The Bertz CT molecular complexity index is 225. The van der Waals surface area contributed by atoms with E-state index >= 15 is 0 Å². The van der Waals surface area contributed by atoms with Crippen LogP contribution in [0.1, 0.15) is 41.0 Å². The summed E-state index contributed by atoms with van der Waals surface area (Å²) in [5.41, 5.74) is 0. The second-order valence-corrected chi connectivity index (χ2v) is 6.96. The second kappa shape index (κ2) is 3.77. The van der Waals surface area contributed by atoms with E-state index in [0.29, 0.717) is 12.2 Å². The smallest absolute Gasteiger partial charge is 0.155 e. The molecule has 0 radical (unpaired) electrons. The lowest BCUT2D eigenvalue weighted by molar-refractivity contribution is 0.528. The third-order valence-corrected chi connectivity index (χ3v) is 5.32. The lowest BCUT2D eigenvalue weighted by Gasteiger charge is -2.23. The van der Waals surface area contributed by atoms with Gasteiger partial charge in [-0.3, -0.25) is 0 Å². The molecule has 0 aliphatic carbocycles. The molecular weight excluding hydrogens is 172 g/mol. The van der Waals surface area contributed by atoms with Crippen LogP contribution in [0, 0.1) is 5.92 Å². The first-order valence-corrected chi connectivity index (χ1v) is 6.10. The SMILES string of the molecule is CCC(C)(C)S(=O)(=O)CC(C)C. The van der Waals surface area contributed by atoms with Crippen LogP contribution in [0.5, 0.6) is 0 Å². The molecular formula is C9H20O2S. The maximum absolute atomic E-state index is 11.7. The van der Waals surface area contributed by atoms with Crippen molar-refractivity contribution in [2.45, 2.75) is 45.8 Å². The van der Waals surface area contributed by atoms with Crippen molar-refractivity contribution in [3.63, 3.8) is 0 Å². The van der Waals surface area contributed by atoms with Gasteiger partial charge in [0, 0.05) is 0 Å². The summed E-state index contributed by atoms with van der Waals surface area (Å²) in [5, 5.41) is 0. The zero-order valence-corrected chi connectivity index (χ0v) is 9.53. The van der Waals surface area contributed by atoms with Crippen LogP contribution in [-0.4, -0.2) is 18.9 Å². The lowest BCUT2D eigenvalue weighted by atomic mass is 10.1. The molecule has 0 aliphatic rings. The quantitative estimate of drug-likeness (QED) is 0.684. The van der Waals surface area contributed by atoms with E-state index in [1.807, 2.05) is 20.8 Å². The highest BCUT2D eigenvalue weighted by molar-refractivity contribution is 7.92. The molecule has 0 rings (SSSR count). The van der Waals surface area contributed by atoms with Gasteiger partial charge in [0.1, 0.15) is 0 Å². The molecule has 0 spiro atoms. The molecule has 0 N–H and O–H groups in total. The van der Waals surface area contributed by atoms with Gasteiger partial charge in [0.15, 0.2) is 9.84 Å². The largest absolute Gasteiger partial charge is 0.228 e. The fourth-order valence-corrected chi connectivity index (χ4v) is 2.65. The minimum Gasteiger partial charge on any atom is -0.228 e. The maximum atomic E-state index is 11.7. The van der Waals surface area contributed by atoms with Gasteiger partial charge in [-0.25, -0.2) is 8.42 Å². The van der Waals surface area contributed by atoms with Crippen molar-refractivity contribution in [3.8, 4) is 0 Å². The average Bonchev–Trinajstić information content (AvgIpc) is 1.84. The molecule has 0 aliphatic heterocycles. The van der Waals surface area contributed by atoms with Crippen molar-refractivity contribution in [1.82, 2.24) is 0 Å². The molecule has 3 heteroatoms. The van der Waals surface area contributed by atoms with Gasteiger partial charge in [0.05, 0.1) is 10.5 Å². The van der Waals surface area contributed by atoms with Gasteiger partial charge in [0.25, 0.3) is 0 Å². The number of sulfone groups is 1. The van der Waals surface area contributed by atoms with E-state index in [4.69, 9.17) is 0 Å². The fourth-order valence-electron chi connectivity index (χ4n) is 0.884. The Morgan fingerprint density at radius 3 is 1.92 bits per heavy atom. The molecule has 0 aromatic rings. The predicted octanol–water partition coefficient (Wildman–Crippen LogP) is 2.25. The van der Waals surface area contributed by atoms with E-state index < -0.39 is 14.6 Å². The van der Waals surface area contributed by atoms with E-state index in [0.717, 1.165) is 0 Å². The predicted molar refractivity (Wildman–Crippen MR) is 53.0 cm³/mol. The van der Waals surface area contributed by atoms with Crippen LogP contribution in [0.25, 0.3) is 0 Å². The van der Waals surface area contributed by atoms with E-state index in [9.17, 15) is 8.42 Å². The van der Waals surface area contributed by atoms with Crippen molar-refractivity contribution in [2.24, 2.45) is 5.92 Å². The molecule has 0 aromatic carbocycles. The summed E-state index contributed by atoms with van der Waals surface area (Å²) in [6.07, 6.45) is 0.683. The zero-order chi connectivity index (χ0) is 9.99. The van der Waals surface area contributed by atoms with Gasteiger partial charge in [-0.05, 0) is 26.2 Å². The molecule has 0 saturated carbocycles. The number of hydrogen-bond donors (Lipinski definition) is 0. The van der Waals surface area contributed by atoms with E-state index in [1.165, 1.54) is 0 Å². The number of hydrogen-bond acceptors (Lipinski definition) is 2. The van der Waals surface area contributed by atoms with Gasteiger partial charge < -0.3 is 0 Å². The molecule has 0 fully saturated rings. The molecule has 0 bridgehead atoms. The molecule has 74 valence electrons. The third kappa shape index (κ3) is 2.77. The highest BCUT2D eigenvalue weighted by Crippen LogP contribution is 2.22. The summed E-state index contributed by atoms with van der Waals surface area (Å²) in [5.74, 6) is 0.522. The van der Waals surface area contributed by atoms with Crippen LogP contribution in [0.2, 0.25) is 0 Å². The van der Waals surface area contributed by atoms with Crippen molar-refractivity contribution in [3.05, 3.63) is 0 Å². The summed E-state index contributed by atoms with van der Waals surface area (Å²) < 4.78 is 22.8. The van der Waals surface area contributed by atoms with Crippen molar-refractivity contribution < 1.29 is 8.42 Å². The number of rotatable bonds is 4. The highest BCUT2D eigenvalue weighted by Gasteiger charge is 2.32. The van der Waals surface area contributed by atoms with E-state index in [-0.39, 0.29) is 5.92 Å². The first kappa shape index (κ1) is 11.9. The van der Waals surface area contributed by atoms with Crippen LogP contribution in [-0.2, 0) is 9.84 Å². The third-order valence-electron chi connectivity index (χ3n) is 2.25. The van der Waals surface area contributed by atoms with Crippen LogP contribution < -0.4 is 0 Å². The molecule has 0 saturated heterocycles. The summed E-state index contributed by atoms with van der Waals surface area (Å²) in [7, 11) is -2.91. The van der Waals surface area contributed by atoms with Crippen LogP contribution in [0.15, 0.2) is 0 Å². The van der Waals surface area contributed by atoms with Crippen molar-refractivity contribution in [2.75, 3.05) is 5.75 Å². The first-order valence-electron chi connectivity index (χ1n) is 4.45. The second-order valence-electron chi connectivity index (χ2n) is 4.29. The highest BCUT2D eigenvalue weighted by atomic mass is 32.2. The molecule has 0 heterocycles. The minimum absolute atomic E-state index is 0.223. The van der Waals surface area contributed by atoms with E-state index in [1.54, 1.807) is 13.8 Å². The van der Waals surface area contributed by atoms with Crippen LogP contribution >= 0.6 is 0 Å². The van der Waals surface area contributed by atoms with Gasteiger partial charge >= 0.3 is 0 Å². The molecule has 0 amide bonds. The Morgan fingerprint density at radius 2 is 1.67 bits per heavy atom. The lowest BCUT2D eigenvalue weighted by Crippen LogP contribution is -2.34. The summed E-state index contributed by atoms with van der Waals surface area (Å²) in [4.78, 5) is 0. The van der Waals surface area contributed by atoms with Crippen molar-refractivity contribution in [1.29, 1.82) is 0 Å². The van der Waals surface area contributed by atoms with Crippen molar-refractivity contribution >= 4 is 9.84 Å². The molecule has 0 unspecified atom stereocenters. The van der Waals surface area contributed by atoms with Crippen LogP contribution in [0.4, 0.5) is 0 Å². The van der Waals surface area contributed by atoms with E-state index in [2.05, 4.69) is 0 Å². The normalized spacial score (nSPS) is 13.8. The topological polar surface area (TPSA) is 34.1 Å². The Labute approximate surface area is 76.3 Å². The molecule has 2 nitrogen and oxygen atoms in total. The first-order chi connectivity index (χ1) is 5.23. The molecule has 0 atom stereocenters.